The number of halogens is 1. The van der Waals surface area contributed by atoms with Crippen LogP contribution < -0.4 is 10.6 Å². The fourth-order valence-electron chi connectivity index (χ4n) is 5.54. The second-order valence-corrected chi connectivity index (χ2v) is 10.7. The van der Waals surface area contributed by atoms with Gasteiger partial charge in [-0.3, -0.25) is 14.4 Å². The second-order valence-electron chi connectivity index (χ2n) is 10.7. The fourth-order valence-corrected chi connectivity index (χ4v) is 5.54. The lowest BCUT2D eigenvalue weighted by Gasteiger charge is -2.35. The van der Waals surface area contributed by atoms with Gasteiger partial charge >= 0.3 is 12.1 Å². The molecular formula is C32H37ClN6O6. The van der Waals surface area contributed by atoms with E-state index in [9.17, 15) is 24.3 Å². The second kappa shape index (κ2) is 15.3. The van der Waals surface area contributed by atoms with Gasteiger partial charge in [-0.25, -0.2) is 14.8 Å². The molecule has 0 radical (unpaired) electrons. The summed E-state index contributed by atoms with van der Waals surface area (Å²) in [7, 11) is 0. The summed E-state index contributed by atoms with van der Waals surface area (Å²) < 4.78 is 5.05. The van der Waals surface area contributed by atoms with Crippen molar-refractivity contribution >= 4 is 42.1 Å². The summed E-state index contributed by atoms with van der Waals surface area (Å²) in [4.78, 5) is 62.9. The van der Waals surface area contributed by atoms with E-state index in [1.807, 2.05) is 42.5 Å². The van der Waals surface area contributed by atoms with Gasteiger partial charge in [-0.1, -0.05) is 54.6 Å². The molecule has 13 heteroatoms. The molecule has 1 fully saturated rings. The molecule has 2 atom stereocenters. The van der Waals surface area contributed by atoms with Crippen LogP contribution in [0.1, 0.15) is 53.8 Å². The summed E-state index contributed by atoms with van der Waals surface area (Å²) in [6.45, 7) is 2.99. The summed E-state index contributed by atoms with van der Waals surface area (Å²) in [6, 6.07) is 18.0. The highest BCUT2D eigenvalue weighted by atomic mass is 35.5. The summed E-state index contributed by atoms with van der Waals surface area (Å²) in [5, 5.41) is 15.5. The maximum atomic E-state index is 13.7. The molecule has 1 unspecified atom stereocenters. The van der Waals surface area contributed by atoms with E-state index in [1.165, 1.54) is 20.9 Å². The van der Waals surface area contributed by atoms with Crippen LogP contribution in [0.25, 0.3) is 11.4 Å². The number of carbonyl (C=O) groups is 4. The van der Waals surface area contributed by atoms with Crippen LogP contribution in [0, 0.1) is 0 Å². The van der Waals surface area contributed by atoms with Crippen molar-refractivity contribution in [3.05, 3.63) is 77.5 Å². The van der Waals surface area contributed by atoms with E-state index in [1.54, 1.807) is 13.0 Å². The number of carbonyl (C=O) groups excluding carboxylic acids is 3. The Bertz CT molecular complexity index is 1510. The van der Waals surface area contributed by atoms with Gasteiger partial charge in [0.05, 0.1) is 12.6 Å². The van der Waals surface area contributed by atoms with Crippen molar-refractivity contribution < 1.29 is 29.0 Å². The third-order valence-corrected chi connectivity index (χ3v) is 7.81. The average molecular weight is 637 g/mol. The Morgan fingerprint density at radius 1 is 0.978 bits per heavy atom. The number of fused-ring (bicyclic) bond motifs is 1. The minimum Gasteiger partial charge on any atom is -0.481 e. The number of carboxylic acids is 1. The first kappa shape index (κ1) is 33.2. The molecule has 3 aromatic rings. The number of rotatable bonds is 10. The third-order valence-electron chi connectivity index (χ3n) is 7.81. The number of benzene rings is 2. The number of aryl methyl sites for hydroxylation is 1. The number of nitrogens with zero attached hydrogens (tertiary/aromatic N) is 4. The first-order valence-corrected chi connectivity index (χ1v) is 14.8. The van der Waals surface area contributed by atoms with E-state index in [0.717, 1.165) is 18.4 Å². The molecule has 12 nitrogen and oxygen atoms in total. The molecule has 45 heavy (non-hydrogen) atoms. The van der Waals surface area contributed by atoms with E-state index < -0.39 is 29.9 Å². The van der Waals surface area contributed by atoms with Gasteiger partial charge in [0.1, 0.15) is 17.6 Å². The van der Waals surface area contributed by atoms with Gasteiger partial charge in [0.25, 0.3) is 5.91 Å². The number of hydrogen-bond donors (Lipinski definition) is 3. The zero-order valence-electron chi connectivity index (χ0n) is 25.0. The van der Waals surface area contributed by atoms with Crippen molar-refractivity contribution in [3.63, 3.8) is 0 Å². The standard InChI is InChI=1S/C32H36N6O6.ClH/c1-2-44-32(43)38-18-16-37(17-19-38)31(42)25(14-15-28(39)40)35-30(41)26-20-27(36-29(34-26)22-9-4-3-5-10-22)33-24-13-12-21-8-6-7-11-23(21)24;/h3-11,20,24-25H,2,12-19H2,1H3,(H,35,41)(H,39,40)(H,33,34,36);1H/t24?,25-;/m0./s1. The summed E-state index contributed by atoms with van der Waals surface area (Å²) >= 11 is 0. The van der Waals surface area contributed by atoms with Crippen LogP contribution in [0.5, 0.6) is 0 Å². The van der Waals surface area contributed by atoms with Crippen LogP contribution >= 0.6 is 12.4 Å². The van der Waals surface area contributed by atoms with Crippen molar-refractivity contribution in [3.8, 4) is 11.4 Å². The highest BCUT2D eigenvalue weighted by Gasteiger charge is 2.31. The monoisotopic (exact) mass is 636 g/mol. The molecule has 1 aliphatic carbocycles. The molecule has 0 saturated carbocycles. The number of ether oxygens (including phenoxy) is 1. The first-order valence-electron chi connectivity index (χ1n) is 14.8. The van der Waals surface area contributed by atoms with Crippen LogP contribution in [-0.2, 0) is 20.7 Å². The molecular weight excluding hydrogens is 600 g/mol. The number of amides is 3. The van der Waals surface area contributed by atoms with Crippen LogP contribution in [0.15, 0.2) is 60.7 Å². The topological polar surface area (TPSA) is 154 Å². The van der Waals surface area contributed by atoms with Crippen LogP contribution in [-0.4, -0.2) is 87.6 Å². The molecule has 238 valence electrons. The van der Waals surface area contributed by atoms with E-state index in [0.29, 0.717) is 11.6 Å². The molecule has 2 aromatic carbocycles. The summed E-state index contributed by atoms with van der Waals surface area (Å²) in [5.41, 5.74) is 3.21. The quantitative estimate of drug-likeness (QED) is 0.300. The number of aliphatic carboxylic acids is 1. The normalized spacial score (nSPS) is 16.2. The molecule has 3 amide bonds. The zero-order chi connectivity index (χ0) is 31.1. The summed E-state index contributed by atoms with van der Waals surface area (Å²) in [6.07, 6.45) is 0.948. The number of hydrogen-bond acceptors (Lipinski definition) is 8. The lowest BCUT2D eigenvalue weighted by Crippen LogP contribution is -2.56. The predicted molar refractivity (Wildman–Crippen MR) is 169 cm³/mol. The maximum absolute atomic E-state index is 13.7. The molecule has 0 spiro atoms. The van der Waals surface area contributed by atoms with Crippen molar-refractivity contribution in [2.24, 2.45) is 0 Å². The number of anilines is 1. The smallest absolute Gasteiger partial charge is 0.409 e. The molecule has 5 rings (SSSR count). The van der Waals surface area contributed by atoms with Gasteiger partial charge in [-0.15, -0.1) is 12.4 Å². The number of aromatic nitrogens is 2. The SMILES string of the molecule is CCOC(=O)N1CCN(C(=O)[C@H](CCC(=O)O)NC(=O)c2cc(NC3CCc4ccccc43)nc(-c3ccccc3)n2)CC1.Cl. The maximum Gasteiger partial charge on any atom is 0.409 e. The molecule has 2 aliphatic rings. The fraction of sp³-hybridized carbons (Fsp3) is 0.375. The Morgan fingerprint density at radius 3 is 2.38 bits per heavy atom. The van der Waals surface area contributed by atoms with Gasteiger partial charge in [-0.2, -0.15) is 0 Å². The average Bonchev–Trinajstić information content (AvgIpc) is 3.45. The van der Waals surface area contributed by atoms with Crippen molar-refractivity contribution in [2.45, 2.75) is 44.7 Å². The third kappa shape index (κ3) is 8.27. The van der Waals surface area contributed by atoms with Crippen LogP contribution in [0.3, 0.4) is 0 Å². The Labute approximate surface area is 267 Å². The zero-order valence-corrected chi connectivity index (χ0v) is 25.8. The lowest BCUT2D eigenvalue weighted by atomic mass is 10.1. The van der Waals surface area contributed by atoms with E-state index in [2.05, 4.69) is 27.8 Å². The number of piperazine rings is 1. The molecule has 3 N–H and O–H groups in total. The van der Waals surface area contributed by atoms with Gasteiger partial charge in [0, 0.05) is 44.2 Å². The van der Waals surface area contributed by atoms with E-state index in [-0.39, 0.29) is 69.8 Å². The summed E-state index contributed by atoms with van der Waals surface area (Å²) in [5.74, 6) is -1.31. The van der Waals surface area contributed by atoms with Gasteiger partial charge in [-0.05, 0) is 37.3 Å². The highest BCUT2D eigenvalue weighted by molar-refractivity contribution is 5.97. The van der Waals surface area contributed by atoms with Crippen molar-refractivity contribution in [2.75, 3.05) is 38.1 Å². The Morgan fingerprint density at radius 2 is 1.67 bits per heavy atom. The van der Waals surface area contributed by atoms with Crippen molar-refractivity contribution in [1.29, 1.82) is 0 Å². The number of nitrogens with one attached hydrogen (secondary N) is 2. The first-order chi connectivity index (χ1) is 21.3. The Balaban J connectivity index is 0.00000461. The molecule has 1 saturated heterocycles. The van der Waals surface area contributed by atoms with Crippen molar-refractivity contribution in [1.82, 2.24) is 25.1 Å². The van der Waals surface area contributed by atoms with Gasteiger partial charge < -0.3 is 30.3 Å². The molecule has 1 aromatic heterocycles. The van der Waals surface area contributed by atoms with E-state index in [4.69, 9.17) is 9.72 Å². The highest BCUT2D eigenvalue weighted by Crippen LogP contribution is 2.33. The molecule has 1 aliphatic heterocycles. The minimum atomic E-state index is -1.10. The minimum absolute atomic E-state index is 0. The lowest BCUT2D eigenvalue weighted by molar-refractivity contribution is -0.138. The molecule has 0 bridgehead atoms. The Hall–Kier alpha value is -4.71. The van der Waals surface area contributed by atoms with Crippen LogP contribution in [0.4, 0.5) is 10.6 Å². The van der Waals surface area contributed by atoms with Crippen LogP contribution in [0.2, 0.25) is 0 Å². The molecule has 2 heterocycles. The van der Waals surface area contributed by atoms with E-state index >= 15 is 0 Å². The number of carboxylic acid groups (broad SMARTS) is 1. The van der Waals surface area contributed by atoms with Gasteiger partial charge in [0.2, 0.25) is 5.91 Å². The predicted octanol–water partition coefficient (Wildman–Crippen LogP) is 3.93. The Kier molecular flexibility index (Phi) is 11.3. The largest absolute Gasteiger partial charge is 0.481 e. The van der Waals surface area contributed by atoms with Gasteiger partial charge in [0.15, 0.2) is 5.82 Å².